The van der Waals surface area contributed by atoms with Gasteiger partial charge in [-0.15, -0.1) is 0 Å². The van der Waals surface area contributed by atoms with Gasteiger partial charge in [0.25, 0.3) is 0 Å². The lowest BCUT2D eigenvalue weighted by molar-refractivity contribution is 0.462. The lowest BCUT2D eigenvalue weighted by Crippen LogP contribution is -1.90. The quantitative estimate of drug-likeness (QED) is 0.619. The predicted octanol–water partition coefficient (Wildman–Crippen LogP) is 5.24. The first-order chi connectivity index (χ1) is 10.2. The molecule has 3 rings (SSSR count). The van der Waals surface area contributed by atoms with Gasteiger partial charge in [-0.05, 0) is 23.3 Å². The highest BCUT2D eigenvalue weighted by Crippen LogP contribution is 2.32. The van der Waals surface area contributed by atoms with Gasteiger partial charge in [0, 0.05) is 6.07 Å². The zero-order valence-electron chi connectivity index (χ0n) is 10.8. The van der Waals surface area contributed by atoms with E-state index in [1.54, 1.807) is 6.07 Å². The first kappa shape index (κ1) is 13.9. The Balaban J connectivity index is 1.88. The highest BCUT2D eigenvalue weighted by Gasteiger charge is 2.07. The van der Waals surface area contributed by atoms with Crippen molar-refractivity contribution in [2.45, 2.75) is 0 Å². The van der Waals surface area contributed by atoms with Crippen molar-refractivity contribution < 1.29 is 4.74 Å². The number of rotatable bonds is 3. The summed E-state index contributed by atoms with van der Waals surface area (Å²) in [7, 11) is 0. The SMILES string of the molecule is Clc1cc(Oc2ccc(-c3ccccc3)cc2Cl)ncn1. The van der Waals surface area contributed by atoms with Gasteiger partial charge in [0.2, 0.25) is 5.88 Å². The smallest absolute Gasteiger partial charge is 0.223 e. The normalized spacial score (nSPS) is 10.4. The van der Waals surface area contributed by atoms with Crippen LogP contribution in [0.4, 0.5) is 0 Å². The molecule has 2 aromatic carbocycles. The number of halogens is 2. The summed E-state index contributed by atoms with van der Waals surface area (Å²) in [6.45, 7) is 0. The van der Waals surface area contributed by atoms with Crippen LogP contribution in [0.3, 0.4) is 0 Å². The minimum Gasteiger partial charge on any atom is -0.437 e. The molecule has 0 atom stereocenters. The van der Waals surface area contributed by atoms with Crippen LogP contribution in [-0.2, 0) is 0 Å². The van der Waals surface area contributed by atoms with Gasteiger partial charge in [-0.2, -0.15) is 0 Å². The van der Waals surface area contributed by atoms with Crippen LogP contribution in [0.25, 0.3) is 11.1 Å². The van der Waals surface area contributed by atoms with Crippen LogP contribution in [0, 0.1) is 0 Å². The molecule has 1 aromatic heterocycles. The summed E-state index contributed by atoms with van der Waals surface area (Å²) in [4.78, 5) is 7.78. The molecule has 0 N–H and O–H groups in total. The second kappa shape index (κ2) is 6.12. The van der Waals surface area contributed by atoms with Gasteiger partial charge in [0.1, 0.15) is 17.2 Å². The Bertz CT molecular complexity index is 763. The van der Waals surface area contributed by atoms with Crippen molar-refractivity contribution in [3.63, 3.8) is 0 Å². The average Bonchev–Trinajstić information content (AvgIpc) is 2.50. The van der Waals surface area contributed by atoms with Crippen molar-refractivity contribution in [1.29, 1.82) is 0 Å². The molecule has 3 nitrogen and oxygen atoms in total. The number of ether oxygens (including phenoxy) is 1. The van der Waals surface area contributed by atoms with Crippen molar-refractivity contribution in [1.82, 2.24) is 9.97 Å². The Morgan fingerprint density at radius 2 is 1.62 bits per heavy atom. The van der Waals surface area contributed by atoms with E-state index in [9.17, 15) is 0 Å². The molecule has 0 saturated heterocycles. The second-order valence-corrected chi connectivity index (χ2v) is 5.09. The highest BCUT2D eigenvalue weighted by molar-refractivity contribution is 6.32. The molecule has 1 heterocycles. The van der Waals surface area contributed by atoms with Gasteiger partial charge < -0.3 is 4.74 Å². The third-order valence-corrected chi connectivity index (χ3v) is 3.36. The van der Waals surface area contributed by atoms with Gasteiger partial charge in [0.05, 0.1) is 5.02 Å². The molecule has 0 aliphatic heterocycles. The fourth-order valence-electron chi connectivity index (χ4n) is 1.88. The maximum Gasteiger partial charge on any atom is 0.223 e. The monoisotopic (exact) mass is 316 g/mol. The molecule has 0 radical (unpaired) electrons. The van der Waals surface area contributed by atoms with Crippen LogP contribution in [0.15, 0.2) is 60.9 Å². The van der Waals surface area contributed by atoms with E-state index in [1.807, 2.05) is 42.5 Å². The van der Waals surface area contributed by atoms with Crippen LogP contribution in [0.2, 0.25) is 10.2 Å². The van der Waals surface area contributed by atoms with E-state index in [4.69, 9.17) is 27.9 Å². The van der Waals surface area contributed by atoms with Crippen LogP contribution in [0.5, 0.6) is 11.6 Å². The van der Waals surface area contributed by atoms with Gasteiger partial charge >= 0.3 is 0 Å². The molecule has 0 spiro atoms. The Morgan fingerprint density at radius 3 is 2.33 bits per heavy atom. The van der Waals surface area contributed by atoms with Crippen LogP contribution < -0.4 is 4.74 Å². The summed E-state index contributed by atoms with van der Waals surface area (Å²) in [5.41, 5.74) is 2.12. The van der Waals surface area contributed by atoms with E-state index in [0.29, 0.717) is 21.8 Å². The van der Waals surface area contributed by atoms with Crippen molar-refractivity contribution in [2.24, 2.45) is 0 Å². The lowest BCUT2D eigenvalue weighted by Gasteiger charge is -2.08. The molecule has 0 bridgehead atoms. The Labute approximate surface area is 132 Å². The average molecular weight is 317 g/mol. The molecule has 0 fully saturated rings. The fourth-order valence-corrected chi connectivity index (χ4v) is 2.24. The molecule has 0 unspecified atom stereocenters. The molecule has 21 heavy (non-hydrogen) atoms. The number of aromatic nitrogens is 2. The van der Waals surface area contributed by atoms with Gasteiger partial charge in [-0.25, -0.2) is 9.97 Å². The van der Waals surface area contributed by atoms with Gasteiger partial charge in [0.15, 0.2) is 0 Å². The molecular weight excluding hydrogens is 307 g/mol. The number of nitrogens with zero attached hydrogens (tertiary/aromatic N) is 2. The molecule has 104 valence electrons. The Morgan fingerprint density at radius 1 is 0.810 bits per heavy atom. The first-order valence-corrected chi connectivity index (χ1v) is 6.98. The van der Waals surface area contributed by atoms with E-state index >= 15 is 0 Å². The molecule has 5 heteroatoms. The minimum atomic E-state index is 0.317. The Hall–Kier alpha value is -2.10. The van der Waals surface area contributed by atoms with Crippen molar-refractivity contribution in [3.8, 4) is 22.8 Å². The molecule has 0 saturated carbocycles. The van der Waals surface area contributed by atoms with E-state index in [-0.39, 0.29) is 0 Å². The maximum absolute atomic E-state index is 6.27. The molecule has 0 aliphatic rings. The van der Waals surface area contributed by atoms with Crippen LogP contribution >= 0.6 is 23.2 Å². The Kier molecular flexibility index (Phi) is 4.04. The molecule has 0 aliphatic carbocycles. The fraction of sp³-hybridized carbons (Fsp3) is 0. The largest absolute Gasteiger partial charge is 0.437 e. The van der Waals surface area contributed by atoms with E-state index in [0.717, 1.165) is 11.1 Å². The van der Waals surface area contributed by atoms with E-state index < -0.39 is 0 Å². The summed E-state index contributed by atoms with van der Waals surface area (Å²) < 4.78 is 5.61. The molecule has 0 amide bonds. The standard InChI is InChI=1S/C16H10Cl2N2O/c17-13-8-12(11-4-2-1-3-5-11)6-7-14(13)21-16-9-15(18)19-10-20-16/h1-10H. The third-order valence-electron chi connectivity index (χ3n) is 2.86. The van der Waals surface area contributed by atoms with Crippen molar-refractivity contribution >= 4 is 23.2 Å². The zero-order valence-corrected chi connectivity index (χ0v) is 12.3. The van der Waals surface area contributed by atoms with Gasteiger partial charge in [-0.1, -0.05) is 59.6 Å². The summed E-state index contributed by atoms with van der Waals surface area (Å²) in [5, 5.41) is 0.822. The predicted molar refractivity (Wildman–Crippen MR) is 84.0 cm³/mol. The highest BCUT2D eigenvalue weighted by atomic mass is 35.5. The van der Waals surface area contributed by atoms with Crippen LogP contribution in [-0.4, -0.2) is 9.97 Å². The summed E-state index contributed by atoms with van der Waals surface area (Å²) >= 11 is 12.1. The molecular formula is C16H10Cl2N2O. The minimum absolute atomic E-state index is 0.317. The topological polar surface area (TPSA) is 35.0 Å². The zero-order chi connectivity index (χ0) is 14.7. The van der Waals surface area contributed by atoms with Crippen molar-refractivity contribution in [2.75, 3.05) is 0 Å². The number of hydrogen-bond donors (Lipinski definition) is 0. The second-order valence-electron chi connectivity index (χ2n) is 4.29. The number of benzene rings is 2. The molecule has 3 aromatic rings. The van der Waals surface area contributed by atoms with E-state index in [2.05, 4.69) is 9.97 Å². The van der Waals surface area contributed by atoms with Gasteiger partial charge in [-0.3, -0.25) is 0 Å². The van der Waals surface area contributed by atoms with E-state index in [1.165, 1.54) is 12.4 Å². The number of hydrogen-bond acceptors (Lipinski definition) is 3. The first-order valence-electron chi connectivity index (χ1n) is 6.23. The van der Waals surface area contributed by atoms with Crippen molar-refractivity contribution in [3.05, 3.63) is 71.1 Å². The summed E-state index contributed by atoms with van der Waals surface area (Å²) in [6, 6.07) is 17.1. The lowest BCUT2D eigenvalue weighted by atomic mass is 10.1. The summed E-state index contributed by atoms with van der Waals surface area (Å²) in [6.07, 6.45) is 1.34. The third kappa shape index (κ3) is 3.32. The van der Waals surface area contributed by atoms with Crippen LogP contribution in [0.1, 0.15) is 0 Å². The summed E-state index contributed by atoms with van der Waals surface area (Å²) in [5.74, 6) is 0.871. The maximum atomic E-state index is 6.27.